The molecule has 2 rings (SSSR count). The number of pyridine rings is 1. The van der Waals surface area contributed by atoms with E-state index in [0.29, 0.717) is 11.4 Å². The normalized spacial score (nSPS) is 10.1. The van der Waals surface area contributed by atoms with Crippen LogP contribution < -0.4 is 10.6 Å². The molecule has 0 saturated carbocycles. The van der Waals surface area contributed by atoms with Crippen LogP contribution in [0.15, 0.2) is 42.6 Å². The number of halogens is 1. The number of carbonyl (C=O) groups excluding carboxylic acids is 1. The lowest BCUT2D eigenvalue weighted by molar-refractivity contribution is 0.102. The minimum atomic E-state index is -0.155. The third-order valence-electron chi connectivity index (χ3n) is 2.70. The fraction of sp³-hybridized carbons (Fsp3) is 0.200. The van der Waals surface area contributed by atoms with Crippen molar-refractivity contribution in [1.29, 1.82) is 0 Å². The van der Waals surface area contributed by atoms with E-state index in [1.807, 2.05) is 24.3 Å². The molecule has 0 bridgehead atoms. The Bertz CT molecular complexity index is 584. The van der Waals surface area contributed by atoms with Gasteiger partial charge in [0.25, 0.3) is 5.91 Å². The van der Waals surface area contributed by atoms with Crippen LogP contribution >= 0.6 is 22.6 Å². The predicted octanol–water partition coefficient (Wildman–Crippen LogP) is 3.76. The number of nitrogens with one attached hydrogen (secondary N) is 2. The highest BCUT2D eigenvalue weighted by Crippen LogP contribution is 2.16. The zero-order chi connectivity index (χ0) is 14.4. The topological polar surface area (TPSA) is 54.0 Å². The first-order valence-corrected chi connectivity index (χ1v) is 7.54. The van der Waals surface area contributed by atoms with Gasteiger partial charge in [0.1, 0.15) is 5.82 Å². The molecule has 5 heteroatoms. The van der Waals surface area contributed by atoms with Crippen molar-refractivity contribution in [3.63, 3.8) is 0 Å². The standard InChI is InChI=1S/C15H16IN3O/c1-2-9-17-14-13(4-3-10-18-14)15(20)19-12-7-5-11(16)6-8-12/h3-8,10H,2,9H2,1H3,(H,17,18)(H,19,20). The molecule has 2 aromatic rings. The van der Waals surface area contributed by atoms with E-state index in [2.05, 4.69) is 45.1 Å². The summed E-state index contributed by atoms with van der Waals surface area (Å²) in [5, 5.41) is 6.05. The number of nitrogens with zero attached hydrogens (tertiary/aromatic N) is 1. The van der Waals surface area contributed by atoms with Gasteiger partial charge < -0.3 is 10.6 Å². The minimum absolute atomic E-state index is 0.155. The van der Waals surface area contributed by atoms with Crippen LogP contribution in [0.2, 0.25) is 0 Å². The van der Waals surface area contributed by atoms with Gasteiger partial charge in [0, 0.05) is 22.0 Å². The minimum Gasteiger partial charge on any atom is -0.369 e. The summed E-state index contributed by atoms with van der Waals surface area (Å²) >= 11 is 2.23. The highest BCUT2D eigenvalue weighted by molar-refractivity contribution is 14.1. The van der Waals surface area contributed by atoms with E-state index in [1.165, 1.54) is 0 Å². The van der Waals surface area contributed by atoms with Crippen LogP contribution in [0, 0.1) is 3.57 Å². The monoisotopic (exact) mass is 381 g/mol. The molecule has 0 unspecified atom stereocenters. The first-order valence-electron chi connectivity index (χ1n) is 6.46. The Kier molecular flexibility index (Phi) is 5.34. The molecule has 1 amide bonds. The molecule has 1 aromatic heterocycles. The zero-order valence-electron chi connectivity index (χ0n) is 11.2. The van der Waals surface area contributed by atoms with Crippen molar-refractivity contribution in [2.75, 3.05) is 17.2 Å². The summed E-state index contributed by atoms with van der Waals surface area (Å²) in [6.07, 6.45) is 2.66. The Balaban J connectivity index is 2.14. The third kappa shape index (κ3) is 3.93. The maximum Gasteiger partial charge on any atom is 0.259 e. The lowest BCUT2D eigenvalue weighted by Gasteiger charge is -2.10. The first-order chi connectivity index (χ1) is 9.70. The van der Waals surface area contributed by atoms with Crippen LogP contribution in [0.4, 0.5) is 11.5 Å². The predicted molar refractivity (Wildman–Crippen MR) is 90.1 cm³/mol. The van der Waals surface area contributed by atoms with Crippen LogP contribution in [-0.4, -0.2) is 17.4 Å². The largest absolute Gasteiger partial charge is 0.369 e. The van der Waals surface area contributed by atoms with Crippen molar-refractivity contribution in [2.24, 2.45) is 0 Å². The molecule has 0 spiro atoms. The van der Waals surface area contributed by atoms with Gasteiger partial charge in [-0.3, -0.25) is 4.79 Å². The summed E-state index contributed by atoms with van der Waals surface area (Å²) in [4.78, 5) is 16.5. The maximum absolute atomic E-state index is 12.3. The second kappa shape index (κ2) is 7.23. The Labute approximate surface area is 132 Å². The summed E-state index contributed by atoms with van der Waals surface area (Å²) in [5.74, 6) is 0.468. The Hall–Kier alpha value is -1.63. The van der Waals surface area contributed by atoms with Gasteiger partial charge in [-0.25, -0.2) is 4.98 Å². The summed E-state index contributed by atoms with van der Waals surface area (Å²) in [6.45, 7) is 2.86. The van der Waals surface area contributed by atoms with Gasteiger partial charge in [-0.1, -0.05) is 6.92 Å². The Morgan fingerprint density at radius 1 is 1.25 bits per heavy atom. The average Bonchev–Trinajstić information content (AvgIpc) is 2.47. The van der Waals surface area contributed by atoms with Gasteiger partial charge in [0.15, 0.2) is 0 Å². The molecule has 1 aromatic carbocycles. The van der Waals surface area contributed by atoms with Gasteiger partial charge in [-0.05, 0) is 65.4 Å². The van der Waals surface area contributed by atoms with E-state index < -0.39 is 0 Å². The van der Waals surface area contributed by atoms with Crippen molar-refractivity contribution in [3.8, 4) is 0 Å². The van der Waals surface area contributed by atoms with Gasteiger partial charge >= 0.3 is 0 Å². The van der Waals surface area contributed by atoms with Gasteiger partial charge in [0.2, 0.25) is 0 Å². The molecule has 2 N–H and O–H groups in total. The summed E-state index contributed by atoms with van der Waals surface area (Å²) in [5.41, 5.74) is 1.33. The SMILES string of the molecule is CCCNc1ncccc1C(=O)Nc1ccc(I)cc1. The number of anilines is 2. The van der Waals surface area contributed by atoms with E-state index in [4.69, 9.17) is 0 Å². The molecule has 0 atom stereocenters. The third-order valence-corrected chi connectivity index (χ3v) is 3.42. The first kappa shape index (κ1) is 14.8. The number of rotatable bonds is 5. The number of hydrogen-bond acceptors (Lipinski definition) is 3. The van der Waals surface area contributed by atoms with E-state index in [9.17, 15) is 4.79 Å². The van der Waals surface area contributed by atoms with Crippen molar-refractivity contribution >= 4 is 40.0 Å². The number of carbonyl (C=O) groups is 1. The second-order valence-electron chi connectivity index (χ2n) is 4.29. The van der Waals surface area contributed by atoms with Crippen LogP contribution in [0.25, 0.3) is 0 Å². The molecule has 4 nitrogen and oxygen atoms in total. The molecule has 0 radical (unpaired) electrons. The van der Waals surface area contributed by atoms with E-state index in [1.54, 1.807) is 18.3 Å². The van der Waals surface area contributed by atoms with E-state index in [0.717, 1.165) is 22.2 Å². The number of aromatic nitrogens is 1. The molecule has 1 heterocycles. The van der Waals surface area contributed by atoms with Gasteiger partial charge in [-0.2, -0.15) is 0 Å². The van der Waals surface area contributed by atoms with Crippen molar-refractivity contribution < 1.29 is 4.79 Å². The lowest BCUT2D eigenvalue weighted by Crippen LogP contribution is -2.16. The second-order valence-corrected chi connectivity index (χ2v) is 5.53. The fourth-order valence-corrected chi connectivity index (χ4v) is 2.06. The molecule has 104 valence electrons. The molecule has 20 heavy (non-hydrogen) atoms. The summed E-state index contributed by atoms with van der Waals surface area (Å²) in [6, 6.07) is 11.2. The maximum atomic E-state index is 12.3. The van der Waals surface area contributed by atoms with Crippen LogP contribution in [-0.2, 0) is 0 Å². The van der Waals surface area contributed by atoms with E-state index in [-0.39, 0.29) is 5.91 Å². The molecular formula is C15H16IN3O. The van der Waals surface area contributed by atoms with Crippen LogP contribution in [0.5, 0.6) is 0 Å². The molecule has 0 saturated heterocycles. The molecule has 0 aliphatic heterocycles. The smallest absolute Gasteiger partial charge is 0.259 e. The average molecular weight is 381 g/mol. The van der Waals surface area contributed by atoms with E-state index >= 15 is 0 Å². The molecule has 0 aliphatic rings. The fourth-order valence-electron chi connectivity index (χ4n) is 1.70. The zero-order valence-corrected chi connectivity index (χ0v) is 13.3. The summed E-state index contributed by atoms with van der Waals surface area (Å²) in [7, 11) is 0. The highest BCUT2D eigenvalue weighted by Gasteiger charge is 2.11. The van der Waals surface area contributed by atoms with Crippen LogP contribution in [0.3, 0.4) is 0 Å². The Morgan fingerprint density at radius 3 is 2.70 bits per heavy atom. The van der Waals surface area contributed by atoms with Crippen molar-refractivity contribution in [3.05, 3.63) is 51.7 Å². The van der Waals surface area contributed by atoms with Crippen LogP contribution in [0.1, 0.15) is 23.7 Å². The Morgan fingerprint density at radius 2 is 2.00 bits per heavy atom. The number of amides is 1. The number of hydrogen-bond donors (Lipinski definition) is 2. The molecule has 0 aliphatic carbocycles. The highest BCUT2D eigenvalue weighted by atomic mass is 127. The van der Waals surface area contributed by atoms with Gasteiger partial charge in [0.05, 0.1) is 5.56 Å². The lowest BCUT2D eigenvalue weighted by atomic mass is 10.2. The van der Waals surface area contributed by atoms with Crippen molar-refractivity contribution in [2.45, 2.75) is 13.3 Å². The van der Waals surface area contributed by atoms with Gasteiger partial charge in [-0.15, -0.1) is 0 Å². The molecule has 0 fully saturated rings. The number of benzene rings is 1. The molecular weight excluding hydrogens is 365 g/mol. The summed E-state index contributed by atoms with van der Waals surface area (Å²) < 4.78 is 1.13. The van der Waals surface area contributed by atoms with Crippen molar-refractivity contribution in [1.82, 2.24) is 4.98 Å². The quantitative estimate of drug-likeness (QED) is 0.776.